The summed E-state index contributed by atoms with van der Waals surface area (Å²) in [5, 5.41) is 19.3. The first-order chi connectivity index (χ1) is 18.7. The van der Waals surface area contributed by atoms with Gasteiger partial charge in [0.1, 0.15) is 29.1 Å². The molecule has 1 heterocycles. The number of methoxy groups -OCH3 is 2. The van der Waals surface area contributed by atoms with Crippen molar-refractivity contribution >= 4 is 25.1 Å². The highest BCUT2D eigenvalue weighted by Gasteiger charge is 2.42. The highest BCUT2D eigenvalue weighted by molar-refractivity contribution is 7.47. The molecule has 0 spiro atoms. The summed E-state index contributed by atoms with van der Waals surface area (Å²) >= 11 is 5.53. The molecule has 0 aliphatic rings. The van der Waals surface area contributed by atoms with E-state index in [1.807, 2.05) is 0 Å². The predicted molar refractivity (Wildman–Crippen MR) is 143 cm³/mol. The Labute approximate surface area is 230 Å². The number of Topliss-reactive ketones (excluding diaryl/α,β-unsaturated/α-hetero) is 1. The number of hydrogen-bond donors (Lipinski definition) is 0. The van der Waals surface area contributed by atoms with E-state index < -0.39 is 7.75 Å². The lowest BCUT2D eigenvalue weighted by atomic mass is 10.2. The second-order valence-corrected chi connectivity index (χ2v) is 9.96. The predicted octanol–water partition coefficient (Wildman–Crippen LogP) is 5.59. The van der Waals surface area contributed by atoms with Crippen LogP contribution in [0.5, 0.6) is 28.7 Å². The smallest absolute Gasteiger partial charge is 0.728 e. The largest absolute Gasteiger partial charge is 0.872 e. The number of nitriles is 1. The second kappa shape index (κ2) is 13.3. The van der Waals surface area contributed by atoms with Gasteiger partial charge < -0.3 is 23.6 Å². The minimum atomic E-state index is -3.95. The van der Waals surface area contributed by atoms with Crippen LogP contribution in [0.2, 0.25) is 5.02 Å². The maximum absolute atomic E-state index is 13.8. The molecule has 3 aromatic carbocycles. The number of halogens is 1. The zero-order valence-corrected chi connectivity index (χ0v) is 22.9. The third kappa shape index (κ3) is 7.99. The lowest BCUT2D eigenvalue weighted by Gasteiger charge is -2.14. The number of nitrogens with zero attached hydrogens (tertiary/aromatic N) is 2. The van der Waals surface area contributed by atoms with Gasteiger partial charge in [-0.05, 0) is 67.6 Å². The molecule has 0 atom stereocenters. The van der Waals surface area contributed by atoms with Gasteiger partial charge in [0.15, 0.2) is 18.2 Å². The second-order valence-electron chi connectivity index (χ2n) is 7.78. The lowest BCUT2D eigenvalue weighted by molar-refractivity contribution is -0.536. The van der Waals surface area contributed by atoms with Gasteiger partial charge in [0.2, 0.25) is 0 Å². The van der Waals surface area contributed by atoms with Crippen molar-refractivity contribution in [2.45, 2.75) is 6.92 Å². The Morgan fingerprint density at radius 1 is 0.897 bits per heavy atom. The molecule has 0 fully saturated rings. The highest BCUT2D eigenvalue weighted by atomic mass is 35.5. The van der Waals surface area contributed by atoms with E-state index in [1.54, 1.807) is 81.0 Å². The molecule has 0 radical (unpaired) electrons. The van der Waals surface area contributed by atoms with Crippen LogP contribution in [-0.4, -0.2) is 20.0 Å². The summed E-state index contributed by atoms with van der Waals surface area (Å²) in [6.45, 7) is 1.43. The molecule has 0 unspecified atom stereocenters. The first kappa shape index (κ1) is 29.1. The zero-order valence-electron chi connectivity index (χ0n) is 21.2. The van der Waals surface area contributed by atoms with Crippen LogP contribution in [0.1, 0.15) is 22.8 Å². The summed E-state index contributed by atoms with van der Waals surface area (Å²) in [5.41, 5.74) is 0.610. The molecule has 0 amide bonds. The molecule has 0 aliphatic heterocycles. The molecule has 4 aromatic rings. The lowest BCUT2D eigenvalue weighted by Crippen LogP contribution is -2.36. The first-order valence-corrected chi connectivity index (χ1v) is 13.2. The van der Waals surface area contributed by atoms with E-state index in [0.29, 0.717) is 33.6 Å². The number of ketones is 1. The Kier molecular flexibility index (Phi) is 9.93. The van der Waals surface area contributed by atoms with Crippen LogP contribution in [0.3, 0.4) is 0 Å². The first-order valence-electron chi connectivity index (χ1n) is 11.3. The van der Waals surface area contributed by atoms with Gasteiger partial charge in [0.25, 0.3) is 0 Å². The Balaban J connectivity index is 0.000000353. The van der Waals surface area contributed by atoms with Crippen LogP contribution >= 0.6 is 19.3 Å². The van der Waals surface area contributed by atoms with Crippen molar-refractivity contribution in [3.8, 4) is 34.8 Å². The van der Waals surface area contributed by atoms with Crippen molar-refractivity contribution in [2.24, 2.45) is 0 Å². The molecule has 200 valence electrons. The highest BCUT2D eigenvalue weighted by Crippen LogP contribution is 2.44. The molecule has 0 N–H and O–H groups in total. The van der Waals surface area contributed by atoms with Gasteiger partial charge in [-0.2, -0.15) is 9.83 Å². The number of pyridine rings is 1. The number of benzene rings is 3. The molecule has 1 aromatic heterocycles. The SMILES string of the molecule is COc1ccc(OP(=O)(Oc2ccc(OC)cc2)[n+]2cccc(C(C)=O)c2)cc1.N#Cc1cc([O-])ccc1Cl. The molecule has 0 aliphatic carbocycles. The van der Waals surface area contributed by atoms with Crippen LogP contribution < -0.4 is 28.0 Å². The summed E-state index contributed by atoms with van der Waals surface area (Å²) in [7, 11) is -0.842. The van der Waals surface area contributed by atoms with Crippen molar-refractivity contribution in [1.82, 2.24) is 0 Å². The van der Waals surface area contributed by atoms with Gasteiger partial charge in [-0.15, -0.1) is 5.75 Å². The number of carbonyl (C=O) groups excluding carboxylic acids is 1. The Bertz CT molecular complexity index is 1470. The van der Waals surface area contributed by atoms with E-state index in [2.05, 4.69) is 0 Å². The molecular weight excluding hydrogens is 543 g/mol. The van der Waals surface area contributed by atoms with Gasteiger partial charge in [-0.1, -0.05) is 28.1 Å². The Hall–Kier alpha value is -4.51. The summed E-state index contributed by atoms with van der Waals surface area (Å²) < 4.78 is 36.9. The van der Waals surface area contributed by atoms with Crippen LogP contribution in [0, 0.1) is 11.3 Å². The fourth-order valence-electron chi connectivity index (χ4n) is 3.07. The Morgan fingerprint density at radius 3 is 1.85 bits per heavy atom. The number of ether oxygens (including phenoxy) is 2. The molecule has 0 bridgehead atoms. The minimum absolute atomic E-state index is 0.167. The normalized spacial score (nSPS) is 10.3. The quantitative estimate of drug-likeness (QED) is 0.200. The van der Waals surface area contributed by atoms with Gasteiger partial charge in [0.05, 0.1) is 30.4 Å². The number of carbonyl (C=O) groups is 1. The molecule has 0 saturated carbocycles. The van der Waals surface area contributed by atoms with Crippen molar-refractivity contribution in [2.75, 3.05) is 14.2 Å². The van der Waals surface area contributed by atoms with E-state index in [9.17, 15) is 14.5 Å². The molecule has 9 nitrogen and oxygen atoms in total. The van der Waals surface area contributed by atoms with Crippen LogP contribution in [0.15, 0.2) is 91.3 Å². The van der Waals surface area contributed by atoms with Crippen molar-refractivity contribution in [3.63, 3.8) is 0 Å². The van der Waals surface area contributed by atoms with Gasteiger partial charge in [-0.25, -0.2) is 0 Å². The minimum Gasteiger partial charge on any atom is -0.872 e. The number of rotatable bonds is 8. The van der Waals surface area contributed by atoms with E-state index in [4.69, 9.17) is 35.4 Å². The van der Waals surface area contributed by atoms with E-state index >= 15 is 0 Å². The zero-order chi connectivity index (χ0) is 28.4. The summed E-state index contributed by atoms with van der Waals surface area (Å²) in [4.78, 5) is 11.8. The van der Waals surface area contributed by atoms with E-state index in [0.717, 1.165) is 0 Å². The molecule has 11 heteroatoms. The van der Waals surface area contributed by atoms with E-state index in [-0.39, 0.29) is 17.1 Å². The summed E-state index contributed by atoms with van der Waals surface area (Å²) in [6.07, 6.45) is 2.97. The molecule has 39 heavy (non-hydrogen) atoms. The van der Waals surface area contributed by atoms with Crippen LogP contribution in [0.4, 0.5) is 0 Å². The van der Waals surface area contributed by atoms with Crippen LogP contribution in [0.25, 0.3) is 0 Å². The Morgan fingerprint density at radius 2 is 1.41 bits per heavy atom. The third-order valence-electron chi connectivity index (χ3n) is 5.09. The van der Waals surface area contributed by atoms with Gasteiger partial charge in [0, 0.05) is 6.07 Å². The standard InChI is InChI=1S/C21H21NO6P.C7H4ClNO/c1-16(23)17-5-4-14-22(15-17)29(24,27-20-10-6-18(25-2)7-11-20)28-21-12-8-19(26-3)9-13-21;8-7-2-1-6(10)3-5(7)4-9/h4-15H,1-3H3;1-3,10H/q+1;/p-1. The van der Waals surface area contributed by atoms with E-state index in [1.165, 1.54) is 41.9 Å². The maximum atomic E-state index is 13.8. The number of aromatic nitrogens is 1. The van der Waals surface area contributed by atoms with Gasteiger partial charge >= 0.3 is 7.75 Å². The molecular formula is C28H24ClN2O7P. The summed E-state index contributed by atoms with van der Waals surface area (Å²) in [6, 6.07) is 22.2. The van der Waals surface area contributed by atoms with Crippen LogP contribution in [-0.2, 0) is 4.57 Å². The topological polar surface area (TPSA) is 122 Å². The monoisotopic (exact) mass is 566 g/mol. The van der Waals surface area contributed by atoms with Gasteiger partial charge in [-0.3, -0.25) is 4.79 Å². The number of hydrogen-bond acceptors (Lipinski definition) is 8. The third-order valence-corrected chi connectivity index (χ3v) is 7.12. The fraction of sp³-hybridized carbons (Fsp3) is 0.107. The van der Waals surface area contributed by atoms with Crippen molar-refractivity contribution in [1.29, 1.82) is 5.26 Å². The fourth-order valence-corrected chi connectivity index (χ4v) is 4.73. The molecule has 4 rings (SSSR count). The van der Waals surface area contributed by atoms with Crippen molar-refractivity contribution < 1.29 is 37.3 Å². The summed E-state index contributed by atoms with van der Waals surface area (Å²) in [5.74, 6) is 1.55. The maximum Gasteiger partial charge on any atom is 0.728 e. The average molecular weight is 567 g/mol. The average Bonchev–Trinajstić information content (AvgIpc) is 2.95. The molecule has 0 saturated heterocycles. The van der Waals surface area contributed by atoms with Crippen molar-refractivity contribution in [3.05, 3.63) is 107 Å².